The van der Waals surface area contributed by atoms with Gasteiger partial charge in [0.2, 0.25) is 0 Å². The summed E-state index contributed by atoms with van der Waals surface area (Å²) in [7, 11) is 0. The van der Waals surface area contributed by atoms with Gasteiger partial charge < -0.3 is 0 Å². The number of hydrogen-bond donors (Lipinski definition) is 0. The summed E-state index contributed by atoms with van der Waals surface area (Å²) in [5.74, 6) is -0.449. The first kappa shape index (κ1) is 12.5. The molecule has 0 aliphatic carbocycles. The maximum Gasteiger partial charge on any atom is 0.123 e. The van der Waals surface area contributed by atoms with E-state index < -0.39 is 0 Å². The van der Waals surface area contributed by atoms with Gasteiger partial charge in [-0.3, -0.25) is 0 Å². The molecule has 0 aliphatic heterocycles. The summed E-state index contributed by atoms with van der Waals surface area (Å²) in [4.78, 5) is 0. The van der Waals surface area contributed by atoms with Crippen LogP contribution < -0.4 is 0 Å². The van der Waals surface area contributed by atoms with Gasteiger partial charge in [-0.1, -0.05) is 37.8 Å². The molecule has 2 heteroatoms. The van der Waals surface area contributed by atoms with Gasteiger partial charge in [0, 0.05) is 5.92 Å². The summed E-state index contributed by atoms with van der Waals surface area (Å²) in [5.41, 5.74) is 2.78. The van der Waals surface area contributed by atoms with Crippen LogP contribution >= 0.6 is 0 Å². The van der Waals surface area contributed by atoms with Crippen LogP contribution in [0.3, 0.4) is 0 Å². The average Bonchev–Trinajstić information content (AvgIpc) is 2.39. The van der Waals surface area contributed by atoms with E-state index in [0.29, 0.717) is 0 Å². The molecule has 0 aromatic heterocycles. The number of halogens is 2. The fraction of sp³-hybridized carbons (Fsp3) is 0.125. The maximum absolute atomic E-state index is 12.9. The molecule has 0 aliphatic rings. The van der Waals surface area contributed by atoms with Crippen molar-refractivity contribution < 1.29 is 8.78 Å². The first-order valence-corrected chi connectivity index (χ1v) is 5.78. The molecule has 0 N–H and O–H groups in total. The zero-order valence-electron chi connectivity index (χ0n) is 10.2. The summed E-state index contributed by atoms with van der Waals surface area (Å²) < 4.78 is 25.7. The highest BCUT2D eigenvalue weighted by molar-refractivity contribution is 5.69. The lowest BCUT2D eigenvalue weighted by molar-refractivity contribution is 0.626. The molecular weight excluding hydrogens is 230 g/mol. The molecule has 0 saturated carbocycles. The molecule has 0 spiro atoms. The number of hydrogen-bond acceptors (Lipinski definition) is 0. The first-order valence-electron chi connectivity index (χ1n) is 5.78. The zero-order valence-corrected chi connectivity index (χ0v) is 10.2. The summed E-state index contributed by atoms with van der Waals surface area (Å²) in [6, 6.07) is 12.6. The second-order valence-corrected chi connectivity index (χ2v) is 4.31. The van der Waals surface area contributed by atoms with Crippen LogP contribution in [0.1, 0.15) is 24.0 Å². The number of allylic oxidation sites excluding steroid dienone is 1. The summed E-state index contributed by atoms with van der Waals surface area (Å²) in [6.45, 7) is 6.04. The van der Waals surface area contributed by atoms with E-state index in [1.165, 1.54) is 24.3 Å². The Morgan fingerprint density at radius 1 is 0.889 bits per heavy atom. The van der Waals surface area contributed by atoms with Crippen molar-refractivity contribution in [2.75, 3.05) is 0 Å². The van der Waals surface area contributed by atoms with Crippen molar-refractivity contribution in [3.63, 3.8) is 0 Å². The Labute approximate surface area is 106 Å². The molecular formula is C16H14F2. The smallest absolute Gasteiger partial charge is 0.123 e. The van der Waals surface area contributed by atoms with Crippen LogP contribution in [0.2, 0.25) is 0 Å². The standard InChI is InChI=1S/C16H14F2/c1-11(13-3-7-15(17)8-4-13)12(2)14-5-9-16(18)10-6-14/h3-10,12H,1H2,2H3. The molecule has 0 bridgehead atoms. The van der Waals surface area contributed by atoms with Gasteiger partial charge in [-0.05, 0) is 41.0 Å². The van der Waals surface area contributed by atoms with Gasteiger partial charge in [-0.25, -0.2) is 8.78 Å². The second-order valence-electron chi connectivity index (χ2n) is 4.31. The molecule has 1 unspecified atom stereocenters. The molecule has 2 rings (SSSR count). The fourth-order valence-electron chi connectivity index (χ4n) is 1.87. The van der Waals surface area contributed by atoms with E-state index in [0.717, 1.165) is 16.7 Å². The molecule has 0 saturated heterocycles. The van der Waals surface area contributed by atoms with Crippen molar-refractivity contribution in [1.82, 2.24) is 0 Å². The highest BCUT2D eigenvalue weighted by Gasteiger charge is 2.11. The Bertz CT molecular complexity index is 538. The van der Waals surface area contributed by atoms with Crippen LogP contribution in [0, 0.1) is 11.6 Å². The van der Waals surface area contributed by atoms with Gasteiger partial charge in [0.05, 0.1) is 0 Å². The van der Waals surface area contributed by atoms with Gasteiger partial charge >= 0.3 is 0 Å². The molecule has 0 amide bonds. The topological polar surface area (TPSA) is 0 Å². The van der Waals surface area contributed by atoms with Gasteiger partial charge in [0.1, 0.15) is 11.6 Å². The Morgan fingerprint density at radius 2 is 1.33 bits per heavy atom. The van der Waals surface area contributed by atoms with Crippen LogP contribution in [0.5, 0.6) is 0 Å². The van der Waals surface area contributed by atoms with Crippen LogP contribution in [0.4, 0.5) is 8.78 Å². The molecule has 0 heterocycles. The van der Waals surface area contributed by atoms with Gasteiger partial charge in [-0.2, -0.15) is 0 Å². The van der Waals surface area contributed by atoms with Gasteiger partial charge in [-0.15, -0.1) is 0 Å². The van der Waals surface area contributed by atoms with E-state index in [1.807, 2.05) is 6.92 Å². The third-order valence-electron chi connectivity index (χ3n) is 3.11. The van der Waals surface area contributed by atoms with E-state index in [2.05, 4.69) is 6.58 Å². The lowest BCUT2D eigenvalue weighted by Crippen LogP contribution is -1.97. The molecule has 92 valence electrons. The molecule has 2 aromatic carbocycles. The third-order valence-corrected chi connectivity index (χ3v) is 3.11. The van der Waals surface area contributed by atoms with Crippen LogP contribution in [0.15, 0.2) is 55.1 Å². The molecule has 0 nitrogen and oxygen atoms in total. The minimum Gasteiger partial charge on any atom is -0.207 e. The van der Waals surface area contributed by atoms with Crippen molar-refractivity contribution in [2.24, 2.45) is 0 Å². The Balaban J connectivity index is 2.23. The van der Waals surface area contributed by atoms with Crippen molar-refractivity contribution in [3.05, 3.63) is 77.9 Å². The number of benzene rings is 2. The van der Waals surface area contributed by atoms with Gasteiger partial charge in [0.25, 0.3) is 0 Å². The Morgan fingerprint density at radius 3 is 1.83 bits per heavy atom. The van der Waals surface area contributed by atoms with Crippen molar-refractivity contribution >= 4 is 5.57 Å². The monoisotopic (exact) mass is 244 g/mol. The Hall–Kier alpha value is -1.96. The SMILES string of the molecule is C=C(c1ccc(F)cc1)C(C)c1ccc(F)cc1. The van der Waals surface area contributed by atoms with Crippen LogP contribution in [0.25, 0.3) is 5.57 Å². The average molecular weight is 244 g/mol. The lowest BCUT2D eigenvalue weighted by atomic mass is 9.89. The predicted molar refractivity (Wildman–Crippen MR) is 70.2 cm³/mol. The third kappa shape index (κ3) is 2.65. The molecule has 2 aromatic rings. The molecule has 0 fully saturated rings. The van der Waals surface area contributed by atoms with E-state index in [4.69, 9.17) is 0 Å². The minimum atomic E-state index is -0.263. The molecule has 1 atom stereocenters. The minimum absolute atomic E-state index is 0.0658. The largest absolute Gasteiger partial charge is 0.207 e. The first-order chi connectivity index (χ1) is 8.58. The van der Waals surface area contributed by atoms with Crippen LogP contribution in [-0.4, -0.2) is 0 Å². The maximum atomic E-state index is 12.9. The predicted octanol–water partition coefficient (Wildman–Crippen LogP) is 4.78. The normalized spacial score (nSPS) is 12.2. The van der Waals surface area contributed by atoms with Gasteiger partial charge in [0.15, 0.2) is 0 Å². The molecule has 0 radical (unpaired) electrons. The number of rotatable bonds is 3. The van der Waals surface area contributed by atoms with Crippen molar-refractivity contribution in [1.29, 1.82) is 0 Å². The highest BCUT2D eigenvalue weighted by atomic mass is 19.1. The van der Waals surface area contributed by atoms with Crippen molar-refractivity contribution in [2.45, 2.75) is 12.8 Å². The summed E-state index contributed by atoms with van der Waals surface area (Å²) >= 11 is 0. The quantitative estimate of drug-likeness (QED) is 0.728. The summed E-state index contributed by atoms with van der Waals surface area (Å²) in [6.07, 6.45) is 0. The Kier molecular flexibility index (Phi) is 3.56. The van der Waals surface area contributed by atoms with Crippen molar-refractivity contribution in [3.8, 4) is 0 Å². The summed E-state index contributed by atoms with van der Waals surface area (Å²) in [5, 5.41) is 0. The second kappa shape index (κ2) is 5.13. The van der Waals surface area contributed by atoms with E-state index >= 15 is 0 Å². The zero-order chi connectivity index (χ0) is 13.1. The highest BCUT2D eigenvalue weighted by Crippen LogP contribution is 2.30. The molecule has 18 heavy (non-hydrogen) atoms. The van der Waals surface area contributed by atoms with E-state index in [-0.39, 0.29) is 17.6 Å². The van der Waals surface area contributed by atoms with E-state index in [9.17, 15) is 8.78 Å². The van der Waals surface area contributed by atoms with E-state index in [1.54, 1.807) is 24.3 Å². The van der Waals surface area contributed by atoms with Crippen LogP contribution in [-0.2, 0) is 0 Å². The fourth-order valence-corrected chi connectivity index (χ4v) is 1.87. The lowest BCUT2D eigenvalue weighted by Gasteiger charge is -2.15.